The van der Waals surface area contributed by atoms with Crippen LogP contribution in [0, 0.1) is 0 Å². The number of nitrogen functional groups attached to an aromatic ring is 1. The fraction of sp³-hybridized carbons (Fsp3) is 0.182. The van der Waals surface area contributed by atoms with E-state index in [0.717, 1.165) is 18.6 Å². The smallest absolute Gasteiger partial charge is 0.165 e. The zero-order chi connectivity index (χ0) is 11.7. The lowest BCUT2D eigenvalue weighted by Crippen LogP contribution is -2.01. The molecule has 17 heavy (non-hydrogen) atoms. The SMILES string of the molecule is Nc1ncnc2c1ncn2CCc1ccsc1. The highest BCUT2D eigenvalue weighted by atomic mass is 32.1. The lowest BCUT2D eigenvalue weighted by atomic mass is 10.2. The average molecular weight is 245 g/mol. The van der Waals surface area contributed by atoms with Crippen LogP contribution in [0.15, 0.2) is 29.5 Å². The molecule has 0 spiro atoms. The molecular weight excluding hydrogens is 234 g/mol. The van der Waals surface area contributed by atoms with Gasteiger partial charge < -0.3 is 10.3 Å². The van der Waals surface area contributed by atoms with Gasteiger partial charge in [0, 0.05) is 6.54 Å². The summed E-state index contributed by atoms with van der Waals surface area (Å²) < 4.78 is 2.00. The summed E-state index contributed by atoms with van der Waals surface area (Å²) in [6.07, 6.45) is 4.21. The molecule has 3 rings (SSSR count). The van der Waals surface area contributed by atoms with Crippen LogP contribution in [0.2, 0.25) is 0 Å². The van der Waals surface area contributed by atoms with Crippen molar-refractivity contribution in [3.8, 4) is 0 Å². The number of nitrogens with zero attached hydrogens (tertiary/aromatic N) is 4. The van der Waals surface area contributed by atoms with Crippen molar-refractivity contribution in [1.29, 1.82) is 0 Å². The average Bonchev–Trinajstić information content (AvgIpc) is 2.95. The van der Waals surface area contributed by atoms with Crippen molar-refractivity contribution in [3.63, 3.8) is 0 Å². The van der Waals surface area contributed by atoms with Crippen LogP contribution in [0.3, 0.4) is 0 Å². The predicted octanol–water partition coefficient (Wildman–Crippen LogP) is 1.71. The van der Waals surface area contributed by atoms with Gasteiger partial charge in [-0.1, -0.05) is 0 Å². The standard InChI is InChI=1S/C11H11N5S/c12-10-9-11(14-6-13-10)16(7-15-9)3-1-8-2-4-17-5-8/h2,4-7H,1,3H2,(H2,12,13,14). The number of aromatic nitrogens is 4. The van der Waals surface area contributed by atoms with Crippen LogP contribution in [0.1, 0.15) is 5.56 Å². The first-order valence-corrected chi connectivity index (χ1v) is 6.21. The molecule has 3 heterocycles. The van der Waals surface area contributed by atoms with E-state index in [1.165, 1.54) is 11.9 Å². The van der Waals surface area contributed by atoms with Gasteiger partial charge in [-0.25, -0.2) is 15.0 Å². The summed E-state index contributed by atoms with van der Waals surface area (Å²) in [6, 6.07) is 2.13. The van der Waals surface area contributed by atoms with Crippen LogP contribution in [-0.2, 0) is 13.0 Å². The van der Waals surface area contributed by atoms with E-state index in [1.807, 2.05) is 4.57 Å². The van der Waals surface area contributed by atoms with Crippen molar-refractivity contribution >= 4 is 28.3 Å². The molecule has 0 fully saturated rings. The lowest BCUT2D eigenvalue weighted by molar-refractivity contribution is 0.710. The molecule has 0 radical (unpaired) electrons. The van der Waals surface area contributed by atoms with E-state index in [-0.39, 0.29) is 0 Å². The maximum Gasteiger partial charge on any atom is 0.165 e. The fourth-order valence-electron chi connectivity index (χ4n) is 1.75. The van der Waals surface area contributed by atoms with Gasteiger partial charge in [0.1, 0.15) is 11.8 Å². The van der Waals surface area contributed by atoms with Crippen molar-refractivity contribution in [2.45, 2.75) is 13.0 Å². The zero-order valence-corrected chi connectivity index (χ0v) is 9.89. The van der Waals surface area contributed by atoms with Crippen LogP contribution in [0.25, 0.3) is 11.2 Å². The van der Waals surface area contributed by atoms with E-state index in [4.69, 9.17) is 5.73 Å². The third kappa shape index (κ3) is 1.87. The number of aryl methyl sites for hydroxylation is 2. The maximum absolute atomic E-state index is 5.74. The van der Waals surface area contributed by atoms with Crippen molar-refractivity contribution in [3.05, 3.63) is 35.0 Å². The molecule has 5 nitrogen and oxygen atoms in total. The van der Waals surface area contributed by atoms with Crippen molar-refractivity contribution in [2.24, 2.45) is 0 Å². The zero-order valence-electron chi connectivity index (χ0n) is 9.08. The van der Waals surface area contributed by atoms with Crippen LogP contribution < -0.4 is 5.73 Å². The van der Waals surface area contributed by atoms with Gasteiger partial charge in [0.05, 0.1) is 6.33 Å². The van der Waals surface area contributed by atoms with Crippen molar-refractivity contribution in [2.75, 3.05) is 5.73 Å². The first kappa shape index (κ1) is 10.2. The summed E-state index contributed by atoms with van der Waals surface area (Å²) in [4.78, 5) is 12.4. The number of anilines is 1. The highest BCUT2D eigenvalue weighted by Gasteiger charge is 2.07. The Labute approximate surface area is 102 Å². The number of hydrogen-bond donors (Lipinski definition) is 1. The molecule has 3 aromatic rings. The molecule has 0 aliphatic carbocycles. The summed E-state index contributed by atoms with van der Waals surface area (Å²) in [5.74, 6) is 0.435. The van der Waals surface area contributed by atoms with E-state index >= 15 is 0 Å². The Hall–Kier alpha value is -1.95. The normalized spacial score (nSPS) is 11.1. The number of thiophene rings is 1. The Balaban J connectivity index is 1.88. The van der Waals surface area contributed by atoms with Gasteiger partial charge in [-0.05, 0) is 28.8 Å². The second-order valence-corrected chi connectivity index (χ2v) is 4.53. The largest absolute Gasteiger partial charge is 0.382 e. The summed E-state index contributed by atoms with van der Waals surface area (Å²) >= 11 is 1.71. The summed E-state index contributed by atoms with van der Waals surface area (Å²) in [5, 5.41) is 4.24. The van der Waals surface area contributed by atoms with Crippen LogP contribution in [0.5, 0.6) is 0 Å². The highest BCUT2D eigenvalue weighted by molar-refractivity contribution is 7.07. The van der Waals surface area contributed by atoms with Gasteiger partial charge in [-0.15, -0.1) is 0 Å². The van der Waals surface area contributed by atoms with Gasteiger partial charge in [0.2, 0.25) is 0 Å². The summed E-state index contributed by atoms with van der Waals surface area (Å²) in [7, 11) is 0. The topological polar surface area (TPSA) is 69.6 Å². The predicted molar refractivity (Wildman–Crippen MR) is 67.8 cm³/mol. The van der Waals surface area contributed by atoms with Gasteiger partial charge in [-0.2, -0.15) is 11.3 Å². The molecule has 6 heteroatoms. The molecule has 3 aromatic heterocycles. The van der Waals surface area contributed by atoms with Crippen LogP contribution >= 0.6 is 11.3 Å². The minimum atomic E-state index is 0.435. The Morgan fingerprint density at radius 1 is 1.29 bits per heavy atom. The minimum absolute atomic E-state index is 0.435. The number of hydrogen-bond acceptors (Lipinski definition) is 5. The second kappa shape index (κ2) is 4.14. The van der Waals surface area contributed by atoms with Crippen LogP contribution in [-0.4, -0.2) is 19.5 Å². The Morgan fingerprint density at radius 2 is 2.24 bits per heavy atom. The van der Waals surface area contributed by atoms with E-state index in [1.54, 1.807) is 17.7 Å². The van der Waals surface area contributed by atoms with Gasteiger partial charge in [0.25, 0.3) is 0 Å². The molecule has 0 saturated heterocycles. The molecule has 0 bridgehead atoms. The molecule has 0 atom stereocenters. The number of fused-ring (bicyclic) bond motifs is 1. The van der Waals surface area contributed by atoms with E-state index in [0.29, 0.717) is 11.3 Å². The lowest BCUT2D eigenvalue weighted by Gasteiger charge is -2.02. The van der Waals surface area contributed by atoms with E-state index in [9.17, 15) is 0 Å². The molecular formula is C11H11N5S. The second-order valence-electron chi connectivity index (χ2n) is 3.75. The molecule has 86 valence electrons. The number of nitrogens with two attached hydrogens (primary N) is 1. The summed E-state index contributed by atoms with van der Waals surface area (Å²) in [6.45, 7) is 0.851. The third-order valence-electron chi connectivity index (χ3n) is 2.65. The van der Waals surface area contributed by atoms with Crippen LogP contribution in [0.4, 0.5) is 5.82 Å². The molecule has 0 amide bonds. The Bertz CT molecular complexity index is 628. The van der Waals surface area contributed by atoms with Gasteiger partial charge >= 0.3 is 0 Å². The molecule has 0 unspecified atom stereocenters. The molecule has 0 aliphatic heterocycles. The maximum atomic E-state index is 5.74. The number of imidazole rings is 1. The Morgan fingerprint density at radius 3 is 3.06 bits per heavy atom. The quantitative estimate of drug-likeness (QED) is 0.762. The fourth-order valence-corrected chi connectivity index (χ4v) is 2.45. The molecule has 0 saturated carbocycles. The minimum Gasteiger partial charge on any atom is -0.382 e. The monoisotopic (exact) mass is 245 g/mol. The van der Waals surface area contributed by atoms with Crippen molar-refractivity contribution < 1.29 is 0 Å². The van der Waals surface area contributed by atoms with E-state index < -0.39 is 0 Å². The third-order valence-corrected chi connectivity index (χ3v) is 3.38. The Kier molecular flexibility index (Phi) is 2.49. The van der Waals surface area contributed by atoms with Gasteiger partial charge in [-0.3, -0.25) is 0 Å². The first-order valence-electron chi connectivity index (χ1n) is 5.27. The van der Waals surface area contributed by atoms with Gasteiger partial charge in [0.15, 0.2) is 11.5 Å². The van der Waals surface area contributed by atoms with Crippen molar-refractivity contribution in [1.82, 2.24) is 19.5 Å². The molecule has 0 aliphatic rings. The molecule has 2 N–H and O–H groups in total. The summed E-state index contributed by atoms with van der Waals surface area (Å²) in [5.41, 5.74) is 8.54. The number of rotatable bonds is 3. The molecule has 0 aromatic carbocycles. The van der Waals surface area contributed by atoms with E-state index in [2.05, 4.69) is 31.8 Å². The highest BCUT2D eigenvalue weighted by Crippen LogP contribution is 2.15. The first-order chi connectivity index (χ1) is 8.34.